The fraction of sp³-hybridized carbons (Fsp3) is 0.824. The second-order valence-electron chi connectivity index (χ2n) is 6.55. The van der Waals surface area contributed by atoms with Crippen LogP contribution in [-0.4, -0.2) is 83.2 Å². The van der Waals surface area contributed by atoms with Crippen molar-refractivity contribution in [2.75, 3.05) is 32.8 Å². The summed E-state index contributed by atoms with van der Waals surface area (Å²) >= 11 is 0. The van der Waals surface area contributed by atoms with E-state index in [4.69, 9.17) is 24.8 Å². The molecule has 2 rings (SSSR count). The van der Waals surface area contributed by atoms with Gasteiger partial charge in [-0.25, -0.2) is 0 Å². The molecule has 0 aromatic rings. The van der Waals surface area contributed by atoms with Gasteiger partial charge in [0, 0.05) is 25.9 Å². The average molecular weight is 375 g/mol. The summed E-state index contributed by atoms with van der Waals surface area (Å²) in [5.41, 5.74) is 0. The lowest BCUT2D eigenvalue weighted by molar-refractivity contribution is -0.139. The quantitative estimate of drug-likeness (QED) is 0.300. The summed E-state index contributed by atoms with van der Waals surface area (Å²) in [7, 11) is 0. The second-order valence-corrected chi connectivity index (χ2v) is 6.55. The molecule has 2 aliphatic heterocycles. The Morgan fingerprint density at radius 2 is 1.12 bits per heavy atom. The van der Waals surface area contributed by atoms with Gasteiger partial charge in [-0.05, 0) is 12.8 Å². The Balaban J connectivity index is 0.000000260. The van der Waals surface area contributed by atoms with E-state index >= 15 is 0 Å². The van der Waals surface area contributed by atoms with Crippen LogP contribution in [0.2, 0.25) is 0 Å². The number of nitrogens with zero attached hydrogens (tertiary/aromatic N) is 1. The lowest BCUT2D eigenvalue weighted by Crippen LogP contribution is -2.36. The molecule has 0 aliphatic carbocycles. The molecule has 2 heterocycles. The predicted octanol–water partition coefficient (Wildman–Crippen LogP) is 1.06. The van der Waals surface area contributed by atoms with Gasteiger partial charge in [0.15, 0.2) is 0 Å². The second kappa shape index (κ2) is 12.6. The predicted molar refractivity (Wildman–Crippen MR) is 91.1 cm³/mol. The Labute approximate surface area is 152 Å². The molecule has 0 aromatic carbocycles. The molecule has 0 radical (unpaired) electrons. The van der Waals surface area contributed by atoms with Crippen molar-refractivity contribution in [3.05, 3.63) is 0 Å². The van der Waals surface area contributed by atoms with Crippen LogP contribution in [0.25, 0.3) is 0 Å². The number of unbranched alkanes of at least 4 members (excludes halogenated alkanes) is 4. The lowest BCUT2D eigenvalue weighted by atomic mass is 10.1. The van der Waals surface area contributed by atoms with E-state index in [1.807, 2.05) is 4.90 Å². The molecular weight excluding hydrogens is 346 g/mol. The number of carbonyl (C=O) groups is 3. The molecule has 0 spiro atoms. The van der Waals surface area contributed by atoms with Crippen molar-refractivity contribution in [1.29, 1.82) is 0 Å². The van der Waals surface area contributed by atoms with E-state index in [0.717, 1.165) is 32.5 Å². The van der Waals surface area contributed by atoms with Gasteiger partial charge in [-0.2, -0.15) is 0 Å². The first-order chi connectivity index (χ1) is 12.4. The molecule has 2 saturated heterocycles. The lowest BCUT2D eigenvalue weighted by Gasteiger charge is -2.17. The first kappa shape index (κ1) is 22.3. The molecule has 9 heteroatoms. The van der Waals surface area contributed by atoms with E-state index in [1.54, 1.807) is 0 Å². The van der Waals surface area contributed by atoms with Crippen molar-refractivity contribution in [1.82, 2.24) is 4.90 Å². The minimum Gasteiger partial charge on any atom is -0.481 e. The van der Waals surface area contributed by atoms with E-state index in [9.17, 15) is 14.4 Å². The van der Waals surface area contributed by atoms with E-state index in [2.05, 4.69) is 0 Å². The molecule has 0 amide bonds. The van der Waals surface area contributed by atoms with Crippen LogP contribution in [0, 0.1) is 0 Å². The standard InChI is InChI=1S/C9H16O4.C8H13NO4/c10-8(11)6-4-2-1-3-5-7-9(12)13;10-8(11)3-9(1-6-4-12-6)2-7-5-13-7/h1-7H2,(H,10,11)(H,12,13);6-7H,1-5H2,(H,10,11). The number of hydrogen-bond acceptors (Lipinski definition) is 6. The topological polar surface area (TPSA) is 140 Å². The van der Waals surface area contributed by atoms with Crippen molar-refractivity contribution in [3.63, 3.8) is 0 Å². The summed E-state index contributed by atoms with van der Waals surface area (Å²) in [5, 5.41) is 25.2. The molecule has 0 bridgehead atoms. The summed E-state index contributed by atoms with van der Waals surface area (Å²) in [5.74, 6) is -2.31. The molecule has 150 valence electrons. The fourth-order valence-electron chi connectivity index (χ4n) is 2.40. The van der Waals surface area contributed by atoms with Crippen LogP contribution in [0.4, 0.5) is 0 Å². The van der Waals surface area contributed by atoms with Gasteiger partial charge < -0.3 is 24.8 Å². The monoisotopic (exact) mass is 375 g/mol. The SMILES string of the molecule is O=C(O)CCCCCCCC(=O)O.O=C(O)CN(CC1CO1)CC1CO1. The molecule has 0 saturated carbocycles. The van der Waals surface area contributed by atoms with Crippen molar-refractivity contribution < 1.29 is 39.2 Å². The van der Waals surface area contributed by atoms with E-state index in [0.29, 0.717) is 25.9 Å². The third-order valence-corrected chi connectivity index (χ3v) is 3.87. The third kappa shape index (κ3) is 14.6. The fourth-order valence-corrected chi connectivity index (χ4v) is 2.40. The summed E-state index contributed by atoms with van der Waals surface area (Å²) in [6.45, 7) is 3.04. The zero-order chi connectivity index (χ0) is 19.4. The van der Waals surface area contributed by atoms with Crippen molar-refractivity contribution >= 4 is 17.9 Å². The summed E-state index contributed by atoms with van der Waals surface area (Å²) in [6, 6.07) is 0. The largest absolute Gasteiger partial charge is 0.481 e. The average Bonchev–Trinajstić information content (AvgIpc) is 3.42. The molecular formula is C17H29NO8. The van der Waals surface area contributed by atoms with Crippen molar-refractivity contribution in [2.45, 2.75) is 57.2 Å². The highest BCUT2D eigenvalue weighted by atomic mass is 16.6. The highest BCUT2D eigenvalue weighted by Crippen LogP contribution is 2.15. The molecule has 3 N–H and O–H groups in total. The molecule has 2 atom stereocenters. The van der Waals surface area contributed by atoms with Crippen molar-refractivity contribution in [2.24, 2.45) is 0 Å². The number of hydrogen-bond donors (Lipinski definition) is 3. The van der Waals surface area contributed by atoms with Gasteiger partial charge in [-0.3, -0.25) is 19.3 Å². The van der Waals surface area contributed by atoms with Gasteiger partial charge in [-0.1, -0.05) is 19.3 Å². The number of carboxylic acids is 3. The Kier molecular flexibility index (Phi) is 10.8. The number of epoxide rings is 2. The van der Waals surface area contributed by atoms with Gasteiger partial charge in [0.2, 0.25) is 0 Å². The Morgan fingerprint density at radius 1 is 0.731 bits per heavy atom. The van der Waals surface area contributed by atoms with E-state index in [-0.39, 0.29) is 31.6 Å². The number of aliphatic carboxylic acids is 3. The normalized spacial score (nSPS) is 20.2. The maximum absolute atomic E-state index is 10.5. The summed E-state index contributed by atoms with van der Waals surface area (Å²) in [4.78, 5) is 32.6. The minimum atomic E-state index is -0.790. The maximum Gasteiger partial charge on any atom is 0.317 e. The molecule has 2 fully saturated rings. The van der Waals surface area contributed by atoms with Gasteiger partial charge >= 0.3 is 17.9 Å². The van der Waals surface area contributed by atoms with Crippen LogP contribution in [-0.2, 0) is 23.9 Å². The van der Waals surface area contributed by atoms with Crippen LogP contribution >= 0.6 is 0 Å². The zero-order valence-corrected chi connectivity index (χ0v) is 15.0. The first-order valence-electron chi connectivity index (χ1n) is 8.97. The van der Waals surface area contributed by atoms with Crippen LogP contribution in [0.1, 0.15) is 44.9 Å². The van der Waals surface area contributed by atoms with Crippen LogP contribution < -0.4 is 0 Å². The smallest absolute Gasteiger partial charge is 0.317 e. The molecule has 2 aliphatic rings. The third-order valence-electron chi connectivity index (χ3n) is 3.87. The Hall–Kier alpha value is -1.71. The Bertz CT molecular complexity index is 416. The molecule has 9 nitrogen and oxygen atoms in total. The van der Waals surface area contributed by atoms with Crippen LogP contribution in [0.5, 0.6) is 0 Å². The highest BCUT2D eigenvalue weighted by molar-refractivity contribution is 5.69. The van der Waals surface area contributed by atoms with Crippen molar-refractivity contribution in [3.8, 4) is 0 Å². The van der Waals surface area contributed by atoms with Gasteiger partial charge in [0.25, 0.3) is 0 Å². The number of rotatable bonds is 14. The Morgan fingerprint density at radius 3 is 1.42 bits per heavy atom. The molecule has 26 heavy (non-hydrogen) atoms. The van der Waals surface area contributed by atoms with Gasteiger partial charge in [-0.15, -0.1) is 0 Å². The summed E-state index contributed by atoms with van der Waals surface area (Å²) in [6.07, 6.45) is 5.03. The van der Waals surface area contributed by atoms with Gasteiger partial charge in [0.1, 0.15) is 0 Å². The highest BCUT2D eigenvalue weighted by Gasteiger charge is 2.31. The first-order valence-corrected chi connectivity index (χ1v) is 8.97. The minimum absolute atomic E-state index is 0.0831. The zero-order valence-electron chi connectivity index (χ0n) is 15.0. The van der Waals surface area contributed by atoms with Crippen LogP contribution in [0.3, 0.4) is 0 Å². The van der Waals surface area contributed by atoms with Gasteiger partial charge in [0.05, 0.1) is 32.0 Å². The number of carboxylic acid groups (broad SMARTS) is 3. The van der Waals surface area contributed by atoms with E-state index in [1.165, 1.54) is 0 Å². The molecule has 2 unspecified atom stereocenters. The summed E-state index contributed by atoms with van der Waals surface area (Å²) < 4.78 is 10.1. The molecule has 0 aromatic heterocycles. The maximum atomic E-state index is 10.5. The van der Waals surface area contributed by atoms with Crippen LogP contribution in [0.15, 0.2) is 0 Å². The van der Waals surface area contributed by atoms with E-state index < -0.39 is 17.9 Å². The number of ether oxygens (including phenoxy) is 2.